The van der Waals surface area contributed by atoms with Crippen LogP contribution in [0.1, 0.15) is 12.8 Å². The third kappa shape index (κ3) is 1.73. The first-order valence-electron chi connectivity index (χ1n) is 6.81. The minimum absolute atomic E-state index is 1.04. The summed E-state index contributed by atoms with van der Waals surface area (Å²) >= 11 is 0. The molecule has 1 saturated heterocycles. The molecule has 0 unspecified atom stereocenters. The lowest BCUT2D eigenvalue weighted by atomic mass is 10.1. The third-order valence-corrected chi connectivity index (χ3v) is 3.83. The highest BCUT2D eigenvalue weighted by molar-refractivity contribution is 5.98. The molecule has 3 nitrogen and oxygen atoms in total. The first-order valence-corrected chi connectivity index (χ1v) is 6.81. The van der Waals surface area contributed by atoms with E-state index in [9.17, 15) is 0 Å². The summed E-state index contributed by atoms with van der Waals surface area (Å²) < 4.78 is 0. The van der Waals surface area contributed by atoms with Gasteiger partial charge < -0.3 is 4.90 Å². The van der Waals surface area contributed by atoms with Gasteiger partial charge in [0.15, 0.2) is 0 Å². The lowest BCUT2D eigenvalue weighted by molar-refractivity contribution is 0.945. The maximum absolute atomic E-state index is 4.74. The molecular formula is C16H15N3. The third-order valence-electron chi connectivity index (χ3n) is 3.83. The van der Waals surface area contributed by atoms with Crippen molar-refractivity contribution in [2.24, 2.45) is 0 Å². The lowest BCUT2D eigenvalue weighted by Gasteiger charge is -2.18. The molecule has 1 aliphatic rings. The van der Waals surface area contributed by atoms with Crippen LogP contribution < -0.4 is 4.90 Å². The minimum Gasteiger partial charge on any atom is -0.356 e. The summed E-state index contributed by atoms with van der Waals surface area (Å²) in [7, 11) is 0. The molecular weight excluding hydrogens is 234 g/mol. The van der Waals surface area contributed by atoms with Gasteiger partial charge in [-0.3, -0.25) is 0 Å². The largest absolute Gasteiger partial charge is 0.356 e. The van der Waals surface area contributed by atoms with Crippen LogP contribution in [0.2, 0.25) is 0 Å². The second kappa shape index (κ2) is 4.19. The smallest absolute Gasteiger partial charge is 0.138 e. The van der Waals surface area contributed by atoms with Crippen LogP contribution >= 0.6 is 0 Å². The van der Waals surface area contributed by atoms with Crippen molar-refractivity contribution in [2.45, 2.75) is 12.8 Å². The topological polar surface area (TPSA) is 29.0 Å². The van der Waals surface area contributed by atoms with Crippen LogP contribution in [0, 0.1) is 0 Å². The number of nitrogens with zero attached hydrogens (tertiary/aromatic N) is 3. The zero-order valence-corrected chi connectivity index (χ0v) is 10.7. The summed E-state index contributed by atoms with van der Waals surface area (Å²) in [6.45, 7) is 2.22. The number of para-hydroxylation sites is 1. The molecule has 2 aromatic heterocycles. The van der Waals surface area contributed by atoms with Gasteiger partial charge in [-0.1, -0.05) is 18.2 Å². The number of fused-ring (bicyclic) bond motifs is 2. The fourth-order valence-electron chi connectivity index (χ4n) is 2.87. The number of aromatic nitrogens is 2. The maximum Gasteiger partial charge on any atom is 0.138 e. The Labute approximate surface area is 111 Å². The molecule has 1 aromatic carbocycles. The molecule has 0 amide bonds. The Morgan fingerprint density at radius 3 is 2.68 bits per heavy atom. The van der Waals surface area contributed by atoms with Crippen molar-refractivity contribution in [3.8, 4) is 0 Å². The molecule has 3 heterocycles. The van der Waals surface area contributed by atoms with Gasteiger partial charge in [0.25, 0.3) is 0 Å². The number of hydrogen-bond acceptors (Lipinski definition) is 3. The first-order chi connectivity index (χ1) is 9.42. The highest BCUT2D eigenvalue weighted by Crippen LogP contribution is 2.28. The van der Waals surface area contributed by atoms with E-state index in [1.54, 1.807) is 0 Å². The number of anilines is 1. The molecule has 0 bridgehead atoms. The Morgan fingerprint density at radius 2 is 1.79 bits per heavy atom. The second-order valence-electron chi connectivity index (χ2n) is 5.08. The van der Waals surface area contributed by atoms with Crippen LogP contribution in [-0.4, -0.2) is 23.1 Å². The van der Waals surface area contributed by atoms with Gasteiger partial charge in [-0.15, -0.1) is 0 Å². The fourth-order valence-corrected chi connectivity index (χ4v) is 2.87. The van der Waals surface area contributed by atoms with E-state index in [0.29, 0.717) is 0 Å². The van der Waals surface area contributed by atoms with E-state index in [1.165, 1.54) is 23.6 Å². The van der Waals surface area contributed by atoms with Gasteiger partial charge in [0.1, 0.15) is 5.82 Å². The normalized spacial score (nSPS) is 15.5. The molecule has 0 spiro atoms. The number of hydrogen-bond donors (Lipinski definition) is 0. The van der Waals surface area contributed by atoms with Crippen LogP contribution in [0.3, 0.4) is 0 Å². The SMILES string of the molecule is c1ccc2nc3ccnc(N4CCCC4)c3cc2c1. The zero-order chi connectivity index (χ0) is 12.7. The van der Waals surface area contributed by atoms with Crippen LogP contribution in [-0.2, 0) is 0 Å². The van der Waals surface area contributed by atoms with Crippen LogP contribution in [0.15, 0.2) is 42.6 Å². The summed E-state index contributed by atoms with van der Waals surface area (Å²) in [5, 5.41) is 2.35. The summed E-state index contributed by atoms with van der Waals surface area (Å²) in [4.78, 5) is 11.7. The highest BCUT2D eigenvalue weighted by Gasteiger charge is 2.16. The fraction of sp³-hybridized carbons (Fsp3) is 0.250. The summed E-state index contributed by atoms with van der Waals surface area (Å²) in [5.41, 5.74) is 2.09. The first kappa shape index (κ1) is 10.7. The number of pyridine rings is 2. The van der Waals surface area contributed by atoms with Crippen molar-refractivity contribution in [2.75, 3.05) is 18.0 Å². The van der Waals surface area contributed by atoms with Crippen molar-refractivity contribution >= 4 is 27.6 Å². The number of benzene rings is 1. The van der Waals surface area contributed by atoms with Gasteiger partial charge in [-0.2, -0.15) is 0 Å². The van der Waals surface area contributed by atoms with E-state index in [2.05, 4.69) is 34.1 Å². The lowest BCUT2D eigenvalue weighted by Crippen LogP contribution is -2.19. The molecule has 0 aliphatic carbocycles. The monoisotopic (exact) mass is 249 g/mol. The van der Waals surface area contributed by atoms with Gasteiger partial charge >= 0.3 is 0 Å². The Balaban J connectivity index is 2.00. The average Bonchev–Trinajstić information content (AvgIpc) is 2.98. The molecule has 0 atom stereocenters. The Hall–Kier alpha value is -2.16. The van der Waals surface area contributed by atoms with E-state index < -0.39 is 0 Å². The second-order valence-corrected chi connectivity index (χ2v) is 5.08. The quantitative estimate of drug-likeness (QED) is 0.619. The van der Waals surface area contributed by atoms with E-state index in [0.717, 1.165) is 29.9 Å². The summed E-state index contributed by atoms with van der Waals surface area (Å²) in [6, 6.07) is 12.5. The standard InChI is InChI=1S/C16H15N3/c1-2-6-14-12(5-1)11-13-15(18-14)7-8-17-16(13)19-9-3-4-10-19/h1-2,5-8,11H,3-4,9-10H2. The molecule has 0 saturated carbocycles. The summed E-state index contributed by atoms with van der Waals surface area (Å²) in [6.07, 6.45) is 4.40. The molecule has 4 rings (SSSR count). The van der Waals surface area contributed by atoms with E-state index in [-0.39, 0.29) is 0 Å². The van der Waals surface area contributed by atoms with Gasteiger partial charge in [0, 0.05) is 30.1 Å². The molecule has 1 aliphatic heterocycles. The molecule has 3 aromatic rings. The molecule has 3 heteroatoms. The van der Waals surface area contributed by atoms with Gasteiger partial charge in [-0.25, -0.2) is 9.97 Å². The molecule has 0 N–H and O–H groups in total. The van der Waals surface area contributed by atoms with Crippen molar-refractivity contribution < 1.29 is 0 Å². The molecule has 94 valence electrons. The van der Waals surface area contributed by atoms with Crippen LogP contribution in [0.5, 0.6) is 0 Å². The van der Waals surface area contributed by atoms with Crippen molar-refractivity contribution in [1.82, 2.24) is 9.97 Å². The highest BCUT2D eigenvalue weighted by atomic mass is 15.2. The Bertz CT molecular complexity index is 745. The predicted molar refractivity (Wildman–Crippen MR) is 78.5 cm³/mol. The van der Waals surface area contributed by atoms with Crippen LogP contribution in [0.4, 0.5) is 5.82 Å². The van der Waals surface area contributed by atoms with Crippen molar-refractivity contribution in [1.29, 1.82) is 0 Å². The van der Waals surface area contributed by atoms with Gasteiger partial charge in [0.2, 0.25) is 0 Å². The summed E-state index contributed by atoms with van der Waals surface area (Å²) in [5.74, 6) is 1.09. The van der Waals surface area contributed by atoms with Gasteiger partial charge in [-0.05, 0) is 31.0 Å². The maximum atomic E-state index is 4.74. The molecule has 19 heavy (non-hydrogen) atoms. The van der Waals surface area contributed by atoms with Crippen molar-refractivity contribution in [3.63, 3.8) is 0 Å². The number of rotatable bonds is 1. The van der Waals surface area contributed by atoms with Crippen LogP contribution in [0.25, 0.3) is 21.8 Å². The molecule has 1 fully saturated rings. The predicted octanol–water partition coefficient (Wildman–Crippen LogP) is 3.38. The molecule has 0 radical (unpaired) electrons. The van der Waals surface area contributed by atoms with E-state index >= 15 is 0 Å². The van der Waals surface area contributed by atoms with E-state index in [4.69, 9.17) is 4.98 Å². The van der Waals surface area contributed by atoms with Gasteiger partial charge in [0.05, 0.1) is 11.0 Å². The van der Waals surface area contributed by atoms with Crippen molar-refractivity contribution in [3.05, 3.63) is 42.6 Å². The zero-order valence-electron chi connectivity index (χ0n) is 10.7. The minimum atomic E-state index is 1.04. The average molecular weight is 249 g/mol. The van der Waals surface area contributed by atoms with E-state index in [1.807, 2.05) is 18.3 Å². The Morgan fingerprint density at radius 1 is 0.947 bits per heavy atom. The Kier molecular flexibility index (Phi) is 2.37.